The zero-order valence-electron chi connectivity index (χ0n) is 20.5. The summed E-state index contributed by atoms with van der Waals surface area (Å²) in [6.45, 7) is 11.4. The number of ether oxygens (including phenoxy) is 1. The van der Waals surface area contributed by atoms with Gasteiger partial charge in [0.05, 0.1) is 7.11 Å². The van der Waals surface area contributed by atoms with Crippen molar-refractivity contribution in [3.8, 4) is 5.75 Å². The van der Waals surface area contributed by atoms with Gasteiger partial charge in [-0.05, 0) is 44.9 Å². The van der Waals surface area contributed by atoms with Gasteiger partial charge in [-0.1, -0.05) is 30.3 Å². The molecule has 1 aromatic carbocycles. The van der Waals surface area contributed by atoms with E-state index in [9.17, 15) is 14.4 Å². The fraction of sp³-hybridized carbons (Fsp3) is 0.440. The van der Waals surface area contributed by atoms with E-state index in [0.29, 0.717) is 23.5 Å². The molecule has 0 saturated carbocycles. The average Bonchev–Trinajstić information content (AvgIpc) is 3.21. The number of nitrogens with one attached hydrogen (secondary N) is 2. The summed E-state index contributed by atoms with van der Waals surface area (Å²) < 4.78 is 10.2. The molecule has 1 atom stereocenters. The van der Waals surface area contributed by atoms with E-state index >= 15 is 0 Å². The molecule has 0 bridgehead atoms. The van der Waals surface area contributed by atoms with Gasteiger partial charge in [0.15, 0.2) is 5.82 Å². The molecule has 1 heterocycles. The van der Waals surface area contributed by atoms with Crippen LogP contribution >= 0.6 is 0 Å². The van der Waals surface area contributed by atoms with Crippen molar-refractivity contribution in [3.05, 3.63) is 54.3 Å². The lowest BCUT2D eigenvalue weighted by Gasteiger charge is -2.34. The normalized spacial score (nSPS) is 11.9. The molecule has 2 aromatic rings. The molecule has 0 spiro atoms. The van der Waals surface area contributed by atoms with Crippen LogP contribution in [0.15, 0.2) is 47.5 Å². The third-order valence-electron chi connectivity index (χ3n) is 5.44. The van der Waals surface area contributed by atoms with Gasteiger partial charge in [0, 0.05) is 31.0 Å². The van der Waals surface area contributed by atoms with E-state index in [1.807, 2.05) is 20.8 Å². The van der Waals surface area contributed by atoms with E-state index < -0.39 is 11.6 Å². The summed E-state index contributed by atoms with van der Waals surface area (Å²) in [6, 6.07) is 7.68. The topological polar surface area (TPSA) is 114 Å². The van der Waals surface area contributed by atoms with Crippen molar-refractivity contribution < 1.29 is 23.6 Å². The number of carbonyl (C=O) groups is 3. The molecule has 2 N–H and O–H groups in total. The van der Waals surface area contributed by atoms with Crippen molar-refractivity contribution in [2.45, 2.75) is 58.5 Å². The van der Waals surface area contributed by atoms with Gasteiger partial charge in [-0.15, -0.1) is 6.58 Å². The zero-order chi connectivity index (χ0) is 25.3. The first-order valence-corrected chi connectivity index (χ1v) is 11.2. The van der Waals surface area contributed by atoms with Crippen LogP contribution in [-0.4, -0.2) is 47.0 Å². The second-order valence-corrected chi connectivity index (χ2v) is 8.61. The maximum absolute atomic E-state index is 13.4. The van der Waals surface area contributed by atoms with E-state index in [2.05, 4.69) is 22.4 Å². The van der Waals surface area contributed by atoms with E-state index in [1.54, 1.807) is 50.4 Å². The van der Waals surface area contributed by atoms with Crippen LogP contribution in [0.2, 0.25) is 0 Å². The Bertz CT molecular complexity index is 997. The Morgan fingerprint density at radius 2 is 1.91 bits per heavy atom. The third-order valence-corrected chi connectivity index (χ3v) is 5.44. The summed E-state index contributed by atoms with van der Waals surface area (Å²) >= 11 is 0. The highest BCUT2D eigenvalue weighted by Crippen LogP contribution is 2.26. The van der Waals surface area contributed by atoms with Gasteiger partial charge >= 0.3 is 0 Å². The van der Waals surface area contributed by atoms with Crippen molar-refractivity contribution in [1.29, 1.82) is 0 Å². The van der Waals surface area contributed by atoms with Crippen LogP contribution in [0, 0.1) is 6.92 Å². The van der Waals surface area contributed by atoms with Crippen LogP contribution < -0.4 is 15.4 Å². The first-order chi connectivity index (χ1) is 16.1. The Morgan fingerprint density at radius 1 is 1.24 bits per heavy atom. The number of aryl methyl sites for hydroxylation is 1. The molecule has 0 radical (unpaired) electrons. The van der Waals surface area contributed by atoms with Gasteiger partial charge in [0.1, 0.15) is 17.6 Å². The molecule has 9 heteroatoms. The average molecular weight is 471 g/mol. The number of hydrogen-bond acceptors (Lipinski definition) is 6. The predicted octanol–water partition coefficient (Wildman–Crippen LogP) is 3.77. The van der Waals surface area contributed by atoms with Gasteiger partial charge in [-0.25, -0.2) is 0 Å². The van der Waals surface area contributed by atoms with Crippen LogP contribution in [0.3, 0.4) is 0 Å². The number of amides is 3. The van der Waals surface area contributed by atoms with Gasteiger partial charge in [-0.2, -0.15) is 0 Å². The number of methoxy groups -OCH3 is 1. The molecule has 0 aliphatic rings. The van der Waals surface area contributed by atoms with Crippen molar-refractivity contribution in [3.63, 3.8) is 0 Å². The lowest BCUT2D eigenvalue weighted by atomic mass is 9.98. The Kier molecular flexibility index (Phi) is 9.41. The Hall–Kier alpha value is -3.62. The molecule has 3 amide bonds. The maximum Gasteiger partial charge on any atom is 0.247 e. The molecule has 0 fully saturated rings. The van der Waals surface area contributed by atoms with E-state index in [1.165, 1.54) is 4.90 Å². The molecule has 1 aromatic heterocycles. The van der Waals surface area contributed by atoms with Crippen molar-refractivity contribution >= 4 is 23.5 Å². The van der Waals surface area contributed by atoms with Crippen molar-refractivity contribution in [2.24, 2.45) is 0 Å². The number of aromatic nitrogens is 1. The maximum atomic E-state index is 13.4. The Morgan fingerprint density at radius 3 is 2.44 bits per heavy atom. The minimum atomic E-state index is -0.900. The summed E-state index contributed by atoms with van der Waals surface area (Å²) in [4.78, 5) is 40.4. The molecule has 0 saturated heterocycles. The molecular formula is C25H34N4O5. The first-order valence-electron chi connectivity index (χ1n) is 11.2. The van der Waals surface area contributed by atoms with Crippen molar-refractivity contribution in [2.75, 3.05) is 19.0 Å². The fourth-order valence-corrected chi connectivity index (χ4v) is 3.23. The fourth-order valence-electron chi connectivity index (χ4n) is 3.23. The zero-order valence-corrected chi connectivity index (χ0v) is 20.5. The van der Waals surface area contributed by atoms with E-state index in [4.69, 9.17) is 9.26 Å². The SMILES string of the molecule is C=CCN(C(=O)CCC(=O)Nc1cc(C)on1)[C@@H](C(=O)NC(C)(C)CC)c1ccc(OC)cc1. The molecule has 2 rings (SSSR count). The van der Waals surface area contributed by atoms with Crippen LogP contribution in [0.1, 0.15) is 57.4 Å². The summed E-state index contributed by atoms with van der Waals surface area (Å²) in [5, 5.41) is 9.34. The van der Waals surface area contributed by atoms with Gasteiger partial charge in [-0.3, -0.25) is 14.4 Å². The minimum Gasteiger partial charge on any atom is -0.497 e. The van der Waals surface area contributed by atoms with Crippen LogP contribution in [0.25, 0.3) is 0 Å². The quantitative estimate of drug-likeness (QED) is 0.457. The second kappa shape index (κ2) is 12.0. The molecular weight excluding hydrogens is 436 g/mol. The molecule has 0 aliphatic heterocycles. The highest BCUT2D eigenvalue weighted by atomic mass is 16.5. The number of carbonyl (C=O) groups excluding carboxylic acids is 3. The Labute approximate surface area is 200 Å². The largest absolute Gasteiger partial charge is 0.497 e. The summed E-state index contributed by atoms with van der Waals surface area (Å²) in [7, 11) is 1.56. The van der Waals surface area contributed by atoms with Crippen LogP contribution in [0.4, 0.5) is 5.82 Å². The molecule has 184 valence electrons. The minimum absolute atomic E-state index is 0.0736. The van der Waals surface area contributed by atoms with E-state index in [0.717, 1.165) is 0 Å². The molecule has 0 unspecified atom stereocenters. The lowest BCUT2D eigenvalue weighted by molar-refractivity contribution is -0.141. The van der Waals surface area contributed by atoms with Gasteiger partial charge < -0.3 is 24.8 Å². The van der Waals surface area contributed by atoms with Gasteiger partial charge in [0.2, 0.25) is 17.7 Å². The molecule has 0 aliphatic carbocycles. The number of anilines is 1. The molecule has 9 nitrogen and oxygen atoms in total. The summed E-state index contributed by atoms with van der Waals surface area (Å²) in [6.07, 6.45) is 2.11. The van der Waals surface area contributed by atoms with Gasteiger partial charge in [0.25, 0.3) is 0 Å². The number of hydrogen-bond donors (Lipinski definition) is 2. The first kappa shape index (κ1) is 26.6. The lowest BCUT2D eigenvalue weighted by Crippen LogP contribution is -2.50. The predicted molar refractivity (Wildman–Crippen MR) is 129 cm³/mol. The Balaban J connectivity index is 2.24. The standard InChI is InChI=1S/C25H34N4O5/c1-7-15-29(22(31)14-13-21(30)26-20-16-17(3)34-28-20)23(24(32)27-25(4,5)8-2)18-9-11-19(33-6)12-10-18/h7,9-12,16,23H,1,8,13-15H2,2-6H3,(H,27,32)(H,26,28,30)/t23-/m1/s1. The van der Waals surface area contributed by atoms with Crippen LogP contribution in [0.5, 0.6) is 5.75 Å². The number of nitrogens with zero attached hydrogens (tertiary/aromatic N) is 2. The second-order valence-electron chi connectivity index (χ2n) is 8.61. The highest BCUT2D eigenvalue weighted by Gasteiger charge is 2.33. The van der Waals surface area contributed by atoms with E-state index in [-0.39, 0.29) is 42.9 Å². The monoisotopic (exact) mass is 470 g/mol. The number of benzene rings is 1. The number of rotatable bonds is 12. The van der Waals surface area contributed by atoms with Crippen molar-refractivity contribution in [1.82, 2.24) is 15.4 Å². The summed E-state index contributed by atoms with van der Waals surface area (Å²) in [5.74, 6) is 0.449. The summed E-state index contributed by atoms with van der Waals surface area (Å²) in [5.41, 5.74) is 0.170. The smallest absolute Gasteiger partial charge is 0.247 e. The third kappa shape index (κ3) is 7.47. The van der Waals surface area contributed by atoms with Crippen LogP contribution in [-0.2, 0) is 14.4 Å². The highest BCUT2D eigenvalue weighted by molar-refractivity contribution is 5.94. The molecule has 34 heavy (non-hydrogen) atoms.